The van der Waals surface area contributed by atoms with E-state index in [1.807, 2.05) is 0 Å². The number of benzene rings is 1. The van der Waals surface area contributed by atoms with E-state index < -0.39 is 4.92 Å². The summed E-state index contributed by atoms with van der Waals surface area (Å²) in [5, 5.41) is 11.1. The van der Waals surface area contributed by atoms with Gasteiger partial charge in [0.1, 0.15) is 11.5 Å². The highest BCUT2D eigenvalue weighted by Crippen LogP contribution is 2.37. The van der Waals surface area contributed by atoms with E-state index in [1.165, 1.54) is 13.0 Å². The fourth-order valence-electron chi connectivity index (χ4n) is 2.28. The second-order valence-corrected chi connectivity index (χ2v) is 4.29. The fraction of sp³-hybridized carbons (Fsp3) is 0.214. The Morgan fingerprint density at radius 2 is 1.84 bits per heavy atom. The predicted molar refractivity (Wildman–Crippen MR) is 70.3 cm³/mol. The molecule has 0 aliphatic rings. The number of para-hydroxylation sites is 1. The van der Waals surface area contributed by atoms with Crippen molar-refractivity contribution in [3.63, 3.8) is 0 Å². The van der Waals surface area contributed by atoms with E-state index in [2.05, 4.69) is 0 Å². The Labute approximate surface area is 110 Å². The molecule has 2 aromatic rings. The van der Waals surface area contributed by atoms with Gasteiger partial charge >= 0.3 is 0 Å². The molecule has 0 aliphatic carbocycles. The summed E-state index contributed by atoms with van der Waals surface area (Å²) in [6, 6.07) is 6.34. The van der Waals surface area contributed by atoms with Gasteiger partial charge in [-0.2, -0.15) is 0 Å². The maximum Gasteiger partial charge on any atom is 0.277 e. The number of ketones is 1. The number of carbonyl (C=O) groups excluding carboxylic acids is 1. The highest BCUT2D eigenvalue weighted by atomic mass is 16.6. The Hall–Kier alpha value is -2.43. The molecule has 0 saturated carbocycles. The van der Waals surface area contributed by atoms with E-state index in [0.717, 1.165) is 0 Å². The van der Waals surface area contributed by atoms with Gasteiger partial charge in [0, 0.05) is 11.6 Å². The monoisotopic (exact) mass is 259 g/mol. The average molecular weight is 259 g/mol. The number of rotatable bonds is 3. The summed E-state index contributed by atoms with van der Waals surface area (Å²) in [6.07, 6.45) is 0. The Morgan fingerprint density at radius 1 is 1.21 bits per heavy atom. The van der Waals surface area contributed by atoms with Crippen LogP contribution < -0.4 is 0 Å². The molecule has 0 N–H and O–H groups in total. The number of Topliss-reactive ketones (excluding diaryl/α,β-unsaturated/α-hetero) is 1. The van der Waals surface area contributed by atoms with Gasteiger partial charge < -0.3 is 4.42 Å². The third kappa shape index (κ3) is 2.14. The van der Waals surface area contributed by atoms with Crippen LogP contribution in [-0.4, -0.2) is 10.7 Å². The molecule has 0 bridgehead atoms. The van der Waals surface area contributed by atoms with Crippen molar-refractivity contribution in [3.05, 3.63) is 51.5 Å². The van der Waals surface area contributed by atoms with Crippen molar-refractivity contribution in [2.24, 2.45) is 0 Å². The lowest BCUT2D eigenvalue weighted by Gasteiger charge is -2.03. The zero-order valence-corrected chi connectivity index (χ0v) is 10.9. The van der Waals surface area contributed by atoms with Crippen LogP contribution in [-0.2, 0) is 0 Å². The van der Waals surface area contributed by atoms with Gasteiger partial charge in [-0.15, -0.1) is 0 Å². The topological polar surface area (TPSA) is 73.3 Å². The molecule has 2 rings (SSSR count). The fourth-order valence-corrected chi connectivity index (χ4v) is 2.28. The molecular formula is C14H13NO4. The SMILES string of the molecule is CC(=O)c1c(C)oc(C)c1-c1ccccc1[N+](=O)[O-]. The van der Waals surface area contributed by atoms with Crippen molar-refractivity contribution in [1.29, 1.82) is 0 Å². The van der Waals surface area contributed by atoms with E-state index in [1.54, 1.807) is 32.0 Å². The number of nitrogens with zero attached hydrogens (tertiary/aromatic N) is 1. The Morgan fingerprint density at radius 3 is 2.42 bits per heavy atom. The van der Waals surface area contributed by atoms with E-state index >= 15 is 0 Å². The average Bonchev–Trinajstić information content (AvgIpc) is 2.64. The van der Waals surface area contributed by atoms with Gasteiger partial charge in [-0.1, -0.05) is 12.1 Å². The molecule has 98 valence electrons. The molecule has 0 radical (unpaired) electrons. The van der Waals surface area contributed by atoms with Crippen molar-refractivity contribution in [2.45, 2.75) is 20.8 Å². The first-order chi connectivity index (χ1) is 8.93. The van der Waals surface area contributed by atoms with Crippen molar-refractivity contribution in [2.75, 3.05) is 0 Å². The lowest BCUT2D eigenvalue weighted by Crippen LogP contribution is -1.98. The normalized spacial score (nSPS) is 10.5. The van der Waals surface area contributed by atoms with Crippen LogP contribution in [0.2, 0.25) is 0 Å². The standard InChI is InChI=1S/C14H13NO4/c1-8(16)13-9(2)19-10(3)14(13)11-6-4-5-7-12(11)15(17)18/h4-7H,1-3H3. The highest BCUT2D eigenvalue weighted by Gasteiger charge is 2.25. The predicted octanol–water partition coefficient (Wildman–Crippen LogP) is 3.67. The molecule has 0 unspecified atom stereocenters. The second-order valence-electron chi connectivity index (χ2n) is 4.29. The van der Waals surface area contributed by atoms with Gasteiger partial charge in [-0.25, -0.2) is 0 Å². The number of carbonyl (C=O) groups is 1. The van der Waals surface area contributed by atoms with Gasteiger partial charge in [0.15, 0.2) is 5.78 Å². The molecule has 0 fully saturated rings. The van der Waals surface area contributed by atoms with Crippen LogP contribution in [0.4, 0.5) is 5.69 Å². The molecule has 5 nitrogen and oxygen atoms in total. The van der Waals surface area contributed by atoms with Crippen LogP contribution >= 0.6 is 0 Å². The number of hydrogen-bond donors (Lipinski definition) is 0. The molecule has 0 atom stereocenters. The lowest BCUT2D eigenvalue weighted by molar-refractivity contribution is -0.384. The minimum atomic E-state index is -0.457. The molecule has 0 spiro atoms. The van der Waals surface area contributed by atoms with Gasteiger partial charge in [-0.3, -0.25) is 14.9 Å². The van der Waals surface area contributed by atoms with Crippen molar-refractivity contribution >= 4 is 11.5 Å². The van der Waals surface area contributed by atoms with E-state index in [0.29, 0.717) is 28.2 Å². The molecule has 0 aliphatic heterocycles. The van der Waals surface area contributed by atoms with Gasteiger partial charge in [0.2, 0.25) is 0 Å². The summed E-state index contributed by atoms with van der Waals surface area (Å²) in [5.74, 6) is 0.831. The number of furan rings is 1. The van der Waals surface area contributed by atoms with Gasteiger partial charge in [-0.05, 0) is 26.8 Å². The van der Waals surface area contributed by atoms with Crippen LogP contribution in [0.1, 0.15) is 28.8 Å². The molecule has 1 heterocycles. The first-order valence-corrected chi connectivity index (χ1v) is 5.78. The number of aryl methyl sites for hydroxylation is 2. The highest BCUT2D eigenvalue weighted by molar-refractivity contribution is 6.03. The zero-order chi connectivity index (χ0) is 14.2. The molecule has 1 aromatic heterocycles. The summed E-state index contributed by atoms with van der Waals surface area (Å²) in [5.41, 5.74) is 1.30. The Kier molecular flexibility index (Phi) is 3.21. The summed E-state index contributed by atoms with van der Waals surface area (Å²) in [4.78, 5) is 22.4. The smallest absolute Gasteiger partial charge is 0.277 e. The third-order valence-electron chi connectivity index (χ3n) is 2.98. The van der Waals surface area contributed by atoms with Crippen LogP contribution in [0.15, 0.2) is 28.7 Å². The minimum absolute atomic E-state index is 0.0334. The van der Waals surface area contributed by atoms with Crippen LogP contribution in [0.3, 0.4) is 0 Å². The van der Waals surface area contributed by atoms with Crippen molar-refractivity contribution in [1.82, 2.24) is 0 Å². The van der Waals surface area contributed by atoms with E-state index in [4.69, 9.17) is 4.42 Å². The zero-order valence-electron chi connectivity index (χ0n) is 10.9. The van der Waals surface area contributed by atoms with Crippen LogP contribution in [0, 0.1) is 24.0 Å². The van der Waals surface area contributed by atoms with Crippen LogP contribution in [0.5, 0.6) is 0 Å². The molecule has 19 heavy (non-hydrogen) atoms. The molecule has 1 aromatic carbocycles. The quantitative estimate of drug-likeness (QED) is 0.479. The maximum absolute atomic E-state index is 11.7. The molecule has 5 heteroatoms. The maximum atomic E-state index is 11.7. The van der Waals surface area contributed by atoms with E-state index in [9.17, 15) is 14.9 Å². The van der Waals surface area contributed by atoms with Crippen molar-refractivity contribution in [3.8, 4) is 11.1 Å². The first-order valence-electron chi connectivity index (χ1n) is 5.78. The number of hydrogen-bond acceptors (Lipinski definition) is 4. The summed E-state index contributed by atoms with van der Waals surface area (Å²) >= 11 is 0. The largest absolute Gasteiger partial charge is 0.465 e. The molecule has 0 saturated heterocycles. The minimum Gasteiger partial charge on any atom is -0.465 e. The second kappa shape index (κ2) is 4.68. The van der Waals surface area contributed by atoms with Crippen molar-refractivity contribution < 1.29 is 14.1 Å². The summed E-state index contributed by atoms with van der Waals surface area (Å²) in [7, 11) is 0. The van der Waals surface area contributed by atoms with Gasteiger partial charge in [0.25, 0.3) is 5.69 Å². The molecular weight excluding hydrogens is 246 g/mol. The third-order valence-corrected chi connectivity index (χ3v) is 2.98. The van der Waals surface area contributed by atoms with E-state index in [-0.39, 0.29) is 11.5 Å². The lowest BCUT2D eigenvalue weighted by atomic mass is 9.97. The van der Waals surface area contributed by atoms with Gasteiger partial charge in [0.05, 0.1) is 16.1 Å². The first kappa shape index (κ1) is 13.0. The van der Waals surface area contributed by atoms with Crippen LogP contribution in [0.25, 0.3) is 11.1 Å². The molecule has 0 amide bonds. The summed E-state index contributed by atoms with van der Waals surface area (Å²) < 4.78 is 5.45. The Balaban J connectivity index is 2.80. The summed E-state index contributed by atoms with van der Waals surface area (Å²) in [6.45, 7) is 4.81. The Bertz CT molecular complexity index is 670. The number of nitro benzene ring substituents is 1. The number of nitro groups is 1.